The molecule has 1 amide bonds. The van der Waals surface area contributed by atoms with E-state index in [1.165, 1.54) is 22.5 Å². The number of nitrogens with zero attached hydrogens (tertiary/aromatic N) is 1. The first-order chi connectivity index (χ1) is 17.6. The van der Waals surface area contributed by atoms with Crippen LogP contribution in [0.5, 0.6) is 0 Å². The Morgan fingerprint density at radius 2 is 1.70 bits per heavy atom. The molecule has 0 aliphatic heterocycles. The molecule has 1 heterocycles. The predicted octanol–water partition coefficient (Wildman–Crippen LogP) is 7.20. The van der Waals surface area contributed by atoms with Gasteiger partial charge in [0.2, 0.25) is 0 Å². The molecule has 0 saturated carbocycles. The number of carbonyl (C=O) groups is 2. The highest BCUT2D eigenvalue weighted by Crippen LogP contribution is 2.44. The van der Waals surface area contributed by atoms with E-state index in [9.17, 15) is 9.59 Å². The van der Waals surface area contributed by atoms with E-state index < -0.39 is 23.7 Å². The molecular weight excluding hydrogens is 484 g/mol. The second-order valence-corrected chi connectivity index (χ2v) is 11.5. The Bertz CT molecular complexity index is 1260. The minimum atomic E-state index is -0.819. The Kier molecular flexibility index (Phi) is 7.83. The van der Waals surface area contributed by atoms with Crippen molar-refractivity contribution in [1.29, 1.82) is 0 Å². The zero-order valence-corrected chi connectivity index (χ0v) is 22.9. The molecule has 0 saturated heterocycles. The Morgan fingerprint density at radius 3 is 2.27 bits per heavy atom. The minimum Gasteiger partial charge on any atom is -0.451 e. The van der Waals surface area contributed by atoms with Crippen molar-refractivity contribution in [1.82, 2.24) is 10.3 Å². The number of aromatic nitrogens is 1. The van der Waals surface area contributed by atoms with Crippen LogP contribution in [0.1, 0.15) is 77.6 Å². The Labute approximate surface area is 222 Å². The van der Waals surface area contributed by atoms with Crippen molar-refractivity contribution in [2.24, 2.45) is 5.92 Å². The fourth-order valence-corrected chi connectivity index (χ4v) is 5.50. The molecule has 0 fully saturated rings. The third kappa shape index (κ3) is 5.93. The van der Waals surface area contributed by atoms with Crippen LogP contribution in [0.15, 0.2) is 61.2 Å². The van der Waals surface area contributed by atoms with Gasteiger partial charge in [-0.2, -0.15) is 0 Å². The summed E-state index contributed by atoms with van der Waals surface area (Å²) in [6, 6.07) is 16.0. The van der Waals surface area contributed by atoms with Crippen molar-refractivity contribution in [3.8, 4) is 11.1 Å². The summed E-state index contributed by atoms with van der Waals surface area (Å²) in [7, 11) is 0. The molecule has 1 aliphatic rings. The molecule has 37 heavy (non-hydrogen) atoms. The van der Waals surface area contributed by atoms with Gasteiger partial charge in [-0.3, -0.25) is 0 Å². The van der Waals surface area contributed by atoms with E-state index in [2.05, 4.69) is 55.0 Å². The maximum Gasteiger partial charge on any atom is 0.407 e. The van der Waals surface area contributed by atoms with Crippen LogP contribution in [0.25, 0.3) is 11.1 Å². The number of esters is 1. The number of hydrogen-bond acceptors (Lipinski definition) is 6. The number of benzene rings is 2. The third-order valence-corrected chi connectivity index (χ3v) is 7.43. The standard InChI is InChI=1S/C30H34N2O4S/c1-7-30(5,6)36-28(33)27-26(31-19(4)37-27)25(16-18(2)3)32-29(34)35-17-24-22-14-10-8-12-20(22)21-13-9-11-15-23(21)24/h7-15,18,24-25H,1,16-17H2,2-6H3,(H,32,34)/t25-/m0/s1. The molecule has 3 aromatic rings. The molecule has 1 N–H and O–H groups in total. The number of carbonyl (C=O) groups excluding carboxylic acids is 2. The summed E-state index contributed by atoms with van der Waals surface area (Å²) in [4.78, 5) is 31.1. The van der Waals surface area contributed by atoms with E-state index in [1.807, 2.05) is 31.2 Å². The van der Waals surface area contributed by atoms with Crippen LogP contribution in [-0.2, 0) is 9.47 Å². The minimum absolute atomic E-state index is 0.0325. The lowest BCUT2D eigenvalue weighted by Gasteiger charge is -2.23. The van der Waals surface area contributed by atoms with Gasteiger partial charge < -0.3 is 14.8 Å². The van der Waals surface area contributed by atoms with E-state index in [0.717, 1.165) is 16.1 Å². The first-order valence-electron chi connectivity index (χ1n) is 12.6. The van der Waals surface area contributed by atoms with Gasteiger partial charge in [0.1, 0.15) is 17.1 Å². The number of hydrogen-bond donors (Lipinski definition) is 1. The van der Waals surface area contributed by atoms with Gasteiger partial charge in [-0.05, 0) is 61.4 Å². The number of ether oxygens (including phenoxy) is 2. The maximum absolute atomic E-state index is 13.1. The summed E-state index contributed by atoms with van der Waals surface area (Å²) in [5, 5.41) is 3.70. The summed E-state index contributed by atoms with van der Waals surface area (Å²) in [5.41, 5.74) is 4.34. The Hall–Kier alpha value is -3.45. The molecule has 0 radical (unpaired) electrons. The maximum atomic E-state index is 13.1. The summed E-state index contributed by atoms with van der Waals surface area (Å²) in [6.07, 6.45) is 1.64. The van der Waals surface area contributed by atoms with Crippen LogP contribution >= 0.6 is 11.3 Å². The number of alkyl carbamates (subject to hydrolysis) is 1. The zero-order chi connectivity index (χ0) is 26.7. The molecule has 0 unspecified atom stereocenters. The van der Waals surface area contributed by atoms with E-state index >= 15 is 0 Å². The molecule has 6 nitrogen and oxygen atoms in total. The molecular formula is C30H34N2O4S. The van der Waals surface area contributed by atoms with Crippen LogP contribution in [0, 0.1) is 12.8 Å². The van der Waals surface area contributed by atoms with Gasteiger partial charge in [-0.25, -0.2) is 14.6 Å². The predicted molar refractivity (Wildman–Crippen MR) is 147 cm³/mol. The quantitative estimate of drug-likeness (QED) is 0.239. The van der Waals surface area contributed by atoms with E-state index in [0.29, 0.717) is 17.0 Å². The molecule has 7 heteroatoms. The van der Waals surface area contributed by atoms with Crippen molar-refractivity contribution in [3.63, 3.8) is 0 Å². The summed E-state index contributed by atoms with van der Waals surface area (Å²) >= 11 is 1.26. The molecule has 1 atom stereocenters. The van der Waals surface area contributed by atoms with Crippen LogP contribution < -0.4 is 5.32 Å². The zero-order valence-electron chi connectivity index (χ0n) is 22.0. The van der Waals surface area contributed by atoms with E-state index in [1.54, 1.807) is 19.9 Å². The third-order valence-electron chi connectivity index (χ3n) is 6.47. The van der Waals surface area contributed by atoms with Gasteiger partial charge in [0, 0.05) is 5.92 Å². The number of nitrogens with one attached hydrogen (secondary N) is 1. The number of aryl methyl sites for hydroxylation is 1. The largest absolute Gasteiger partial charge is 0.451 e. The molecule has 4 rings (SSSR count). The summed E-state index contributed by atoms with van der Waals surface area (Å²) in [6.45, 7) is 13.5. The normalized spacial score (nSPS) is 13.6. The van der Waals surface area contributed by atoms with Crippen molar-refractivity contribution >= 4 is 23.4 Å². The van der Waals surface area contributed by atoms with Crippen LogP contribution in [0.4, 0.5) is 4.79 Å². The van der Waals surface area contributed by atoms with Gasteiger partial charge in [0.25, 0.3) is 0 Å². The van der Waals surface area contributed by atoms with Crippen molar-refractivity contribution in [2.75, 3.05) is 6.61 Å². The van der Waals surface area contributed by atoms with E-state index in [4.69, 9.17) is 9.47 Å². The molecule has 0 bridgehead atoms. The number of rotatable bonds is 9. The van der Waals surface area contributed by atoms with Gasteiger partial charge in [-0.1, -0.05) is 69.0 Å². The van der Waals surface area contributed by atoms with Gasteiger partial charge in [0.05, 0.1) is 16.7 Å². The summed E-state index contributed by atoms with van der Waals surface area (Å²) < 4.78 is 11.4. The van der Waals surface area contributed by atoms with E-state index in [-0.39, 0.29) is 18.4 Å². The second-order valence-electron chi connectivity index (χ2n) is 10.3. The molecule has 1 aliphatic carbocycles. The lowest BCUT2D eigenvalue weighted by atomic mass is 9.98. The van der Waals surface area contributed by atoms with Crippen molar-refractivity contribution in [3.05, 3.63) is 87.9 Å². The SMILES string of the molecule is C=CC(C)(C)OC(=O)c1sc(C)nc1[C@H](CC(C)C)NC(=O)OCC1c2ccccc2-c2ccccc21. The first kappa shape index (κ1) is 26.6. The first-order valence-corrected chi connectivity index (χ1v) is 13.4. The average molecular weight is 519 g/mol. The highest BCUT2D eigenvalue weighted by atomic mass is 32.1. The molecule has 0 spiro atoms. The van der Waals surface area contributed by atoms with Gasteiger partial charge >= 0.3 is 12.1 Å². The number of fused-ring (bicyclic) bond motifs is 3. The van der Waals surface area contributed by atoms with Crippen molar-refractivity contribution < 1.29 is 19.1 Å². The highest BCUT2D eigenvalue weighted by Gasteiger charge is 2.32. The van der Waals surface area contributed by atoms with Crippen LogP contribution in [0.2, 0.25) is 0 Å². The molecule has 194 valence electrons. The number of thiazole rings is 1. The summed E-state index contributed by atoms with van der Waals surface area (Å²) in [5.74, 6) is -0.266. The fraction of sp³-hybridized carbons (Fsp3) is 0.367. The fourth-order valence-electron chi connectivity index (χ4n) is 4.65. The highest BCUT2D eigenvalue weighted by molar-refractivity contribution is 7.13. The van der Waals surface area contributed by atoms with Gasteiger partial charge in [-0.15, -0.1) is 11.3 Å². The topological polar surface area (TPSA) is 77.5 Å². The monoisotopic (exact) mass is 518 g/mol. The van der Waals surface area contributed by atoms with Gasteiger partial charge in [0.15, 0.2) is 0 Å². The van der Waals surface area contributed by atoms with Crippen molar-refractivity contribution in [2.45, 2.75) is 58.6 Å². The Morgan fingerprint density at radius 1 is 1.11 bits per heavy atom. The number of amides is 1. The lowest BCUT2D eigenvalue weighted by molar-refractivity contribution is 0.0177. The molecule has 2 aromatic carbocycles. The van der Waals surface area contributed by atoms with Crippen LogP contribution in [0.3, 0.4) is 0 Å². The Balaban J connectivity index is 1.52. The van der Waals surface area contributed by atoms with Crippen LogP contribution in [-0.4, -0.2) is 29.3 Å². The second kappa shape index (κ2) is 10.9. The lowest BCUT2D eigenvalue weighted by Crippen LogP contribution is -2.33. The molecule has 1 aromatic heterocycles. The smallest absolute Gasteiger partial charge is 0.407 e. The average Bonchev–Trinajstić information content (AvgIpc) is 3.40.